The number of nitriles is 2. The van der Waals surface area contributed by atoms with Crippen LogP contribution in [0.1, 0.15) is 6.42 Å². The third kappa shape index (κ3) is 2.45. The molecule has 1 aliphatic carbocycles. The fourth-order valence-corrected chi connectivity index (χ4v) is 1.44. The highest BCUT2D eigenvalue weighted by molar-refractivity contribution is 5.89. The van der Waals surface area contributed by atoms with Gasteiger partial charge in [0, 0.05) is 11.5 Å². The lowest BCUT2D eigenvalue weighted by atomic mass is 9.85. The van der Waals surface area contributed by atoms with Crippen LogP contribution in [0, 0.1) is 34.5 Å². The Morgan fingerprint density at radius 1 is 1.60 bits per heavy atom. The number of methoxy groups -OCH3 is 1. The first-order valence-electron chi connectivity index (χ1n) is 4.47. The van der Waals surface area contributed by atoms with E-state index in [0.29, 0.717) is 12.0 Å². The number of hydrogen-bond acceptors (Lipinski definition) is 4. The number of nitrogens with zero attached hydrogens (tertiary/aromatic N) is 2. The molecular formula is C11H10N2O2. The van der Waals surface area contributed by atoms with E-state index in [1.807, 2.05) is 12.1 Å². The van der Waals surface area contributed by atoms with Crippen LogP contribution in [0.15, 0.2) is 23.8 Å². The lowest BCUT2D eigenvalue weighted by molar-refractivity contribution is -0.136. The van der Waals surface area contributed by atoms with Gasteiger partial charge in [0.2, 0.25) is 0 Å². The molecule has 0 aromatic rings. The number of hydrogen-bond donors (Lipinski definition) is 0. The Morgan fingerprint density at radius 2 is 2.27 bits per heavy atom. The van der Waals surface area contributed by atoms with Crippen molar-refractivity contribution in [1.82, 2.24) is 0 Å². The molecule has 76 valence electrons. The summed E-state index contributed by atoms with van der Waals surface area (Å²) in [7, 11) is 1.31. The van der Waals surface area contributed by atoms with Gasteiger partial charge in [-0.3, -0.25) is 0 Å². The Labute approximate surface area is 88.1 Å². The van der Waals surface area contributed by atoms with E-state index >= 15 is 0 Å². The van der Waals surface area contributed by atoms with Gasteiger partial charge in [0.25, 0.3) is 0 Å². The van der Waals surface area contributed by atoms with Gasteiger partial charge in [-0.2, -0.15) is 10.5 Å². The third-order valence-electron chi connectivity index (χ3n) is 2.27. The minimum atomic E-state index is -0.713. The monoisotopic (exact) mass is 202 g/mol. The highest BCUT2D eigenvalue weighted by Crippen LogP contribution is 2.25. The third-order valence-corrected chi connectivity index (χ3v) is 2.27. The topological polar surface area (TPSA) is 73.9 Å². The lowest BCUT2D eigenvalue weighted by Gasteiger charge is -2.17. The molecule has 4 nitrogen and oxygen atoms in total. The molecule has 0 spiro atoms. The first-order chi connectivity index (χ1) is 7.22. The summed E-state index contributed by atoms with van der Waals surface area (Å²) in [5.74, 6) is -1.34. The van der Waals surface area contributed by atoms with Crippen LogP contribution in [0.4, 0.5) is 0 Å². The zero-order valence-corrected chi connectivity index (χ0v) is 8.30. The van der Waals surface area contributed by atoms with Gasteiger partial charge in [-0.15, -0.1) is 0 Å². The molecule has 0 saturated carbocycles. The average molecular weight is 202 g/mol. The Hall–Kier alpha value is -2.07. The van der Waals surface area contributed by atoms with Gasteiger partial charge in [0.05, 0.1) is 19.2 Å². The van der Waals surface area contributed by atoms with Crippen LogP contribution in [0.25, 0.3) is 0 Å². The smallest absolute Gasteiger partial charge is 0.333 e. The SMILES string of the molecule is COC(=O)C1=CC=CC(C(C#N)C#N)C1. The van der Waals surface area contributed by atoms with Crippen molar-refractivity contribution in [3.8, 4) is 12.1 Å². The number of ether oxygens (including phenoxy) is 1. The van der Waals surface area contributed by atoms with E-state index in [4.69, 9.17) is 10.5 Å². The van der Waals surface area contributed by atoms with Gasteiger partial charge in [-0.1, -0.05) is 18.2 Å². The van der Waals surface area contributed by atoms with Crippen LogP contribution >= 0.6 is 0 Å². The fraction of sp³-hybridized carbons (Fsp3) is 0.364. The summed E-state index contributed by atoms with van der Waals surface area (Å²) in [5, 5.41) is 17.4. The molecule has 0 bridgehead atoms. The maximum Gasteiger partial charge on any atom is 0.333 e. The first-order valence-corrected chi connectivity index (χ1v) is 4.47. The standard InChI is InChI=1S/C11H10N2O2/c1-15-11(14)9-4-2-3-8(5-9)10(6-12)7-13/h2-4,8,10H,5H2,1H3. The predicted molar refractivity (Wildman–Crippen MR) is 52.1 cm³/mol. The van der Waals surface area contributed by atoms with Crippen molar-refractivity contribution in [2.75, 3.05) is 7.11 Å². The number of allylic oxidation sites excluding steroid dienone is 3. The zero-order chi connectivity index (χ0) is 11.3. The highest BCUT2D eigenvalue weighted by atomic mass is 16.5. The van der Waals surface area contributed by atoms with E-state index < -0.39 is 11.9 Å². The van der Waals surface area contributed by atoms with E-state index in [2.05, 4.69) is 4.74 Å². The minimum absolute atomic E-state index is 0.223. The van der Waals surface area contributed by atoms with Gasteiger partial charge in [-0.05, 0) is 6.42 Å². The summed E-state index contributed by atoms with van der Waals surface area (Å²) in [4.78, 5) is 11.2. The zero-order valence-electron chi connectivity index (χ0n) is 8.30. The van der Waals surface area contributed by atoms with Crippen LogP contribution < -0.4 is 0 Å². The largest absolute Gasteiger partial charge is 0.466 e. The molecule has 0 heterocycles. The van der Waals surface area contributed by atoms with Crippen LogP contribution in [0.2, 0.25) is 0 Å². The number of esters is 1. The van der Waals surface area contributed by atoms with Gasteiger partial charge < -0.3 is 4.74 Å². The summed E-state index contributed by atoms with van der Waals surface area (Å²) < 4.78 is 4.58. The molecule has 0 N–H and O–H groups in total. The number of carbonyl (C=O) groups excluding carboxylic acids is 1. The molecule has 1 atom stereocenters. The van der Waals surface area contributed by atoms with E-state index in [-0.39, 0.29) is 5.92 Å². The molecule has 1 unspecified atom stereocenters. The van der Waals surface area contributed by atoms with Crippen molar-refractivity contribution >= 4 is 5.97 Å². The first kappa shape index (κ1) is 11.0. The van der Waals surface area contributed by atoms with Gasteiger partial charge in [-0.25, -0.2) is 4.79 Å². The maximum absolute atomic E-state index is 11.2. The van der Waals surface area contributed by atoms with Crippen LogP contribution in [-0.2, 0) is 9.53 Å². The van der Waals surface area contributed by atoms with Crippen molar-refractivity contribution in [2.24, 2.45) is 11.8 Å². The van der Waals surface area contributed by atoms with Gasteiger partial charge >= 0.3 is 5.97 Å². The second-order valence-corrected chi connectivity index (χ2v) is 3.17. The molecule has 0 radical (unpaired) electrons. The summed E-state index contributed by atoms with van der Waals surface area (Å²) >= 11 is 0. The minimum Gasteiger partial charge on any atom is -0.466 e. The second kappa shape index (κ2) is 4.97. The molecule has 15 heavy (non-hydrogen) atoms. The van der Waals surface area contributed by atoms with E-state index in [0.717, 1.165) is 0 Å². The van der Waals surface area contributed by atoms with Crippen LogP contribution in [-0.4, -0.2) is 13.1 Å². The maximum atomic E-state index is 11.2. The molecule has 1 rings (SSSR count). The van der Waals surface area contributed by atoms with E-state index in [1.165, 1.54) is 7.11 Å². The van der Waals surface area contributed by atoms with Crippen molar-refractivity contribution in [1.29, 1.82) is 10.5 Å². The molecule has 0 aromatic carbocycles. The second-order valence-electron chi connectivity index (χ2n) is 3.17. The summed E-state index contributed by atoms with van der Waals surface area (Å²) in [6, 6.07) is 3.81. The summed E-state index contributed by atoms with van der Waals surface area (Å²) in [5.41, 5.74) is 0.500. The van der Waals surface area contributed by atoms with Gasteiger partial charge in [0.1, 0.15) is 5.92 Å². The normalized spacial score (nSPS) is 18.9. The lowest BCUT2D eigenvalue weighted by Crippen LogP contribution is -2.16. The molecule has 4 heteroatoms. The molecule has 0 amide bonds. The van der Waals surface area contributed by atoms with E-state index in [9.17, 15) is 4.79 Å². The number of carbonyl (C=O) groups is 1. The Balaban J connectivity index is 2.77. The Kier molecular flexibility index (Phi) is 3.65. The molecule has 0 saturated heterocycles. The average Bonchev–Trinajstić information content (AvgIpc) is 2.30. The quantitative estimate of drug-likeness (QED) is 0.633. The molecule has 0 fully saturated rings. The molecule has 0 aromatic heterocycles. The van der Waals surface area contributed by atoms with Crippen LogP contribution in [0.3, 0.4) is 0 Å². The summed E-state index contributed by atoms with van der Waals surface area (Å²) in [6.07, 6.45) is 5.48. The van der Waals surface area contributed by atoms with Gasteiger partial charge in [0.15, 0.2) is 0 Å². The Bertz CT molecular complexity index is 382. The van der Waals surface area contributed by atoms with Crippen molar-refractivity contribution in [2.45, 2.75) is 6.42 Å². The predicted octanol–water partition coefficient (Wildman–Crippen LogP) is 1.33. The number of rotatable bonds is 2. The van der Waals surface area contributed by atoms with Crippen molar-refractivity contribution < 1.29 is 9.53 Å². The Morgan fingerprint density at radius 3 is 2.80 bits per heavy atom. The van der Waals surface area contributed by atoms with E-state index in [1.54, 1.807) is 18.2 Å². The molecular weight excluding hydrogens is 192 g/mol. The summed E-state index contributed by atoms with van der Waals surface area (Å²) in [6.45, 7) is 0. The highest BCUT2D eigenvalue weighted by Gasteiger charge is 2.24. The molecule has 0 aliphatic heterocycles. The van der Waals surface area contributed by atoms with Crippen molar-refractivity contribution in [3.05, 3.63) is 23.8 Å². The molecule has 1 aliphatic rings. The van der Waals surface area contributed by atoms with Crippen molar-refractivity contribution in [3.63, 3.8) is 0 Å². The fourth-order valence-electron chi connectivity index (χ4n) is 1.44. The van der Waals surface area contributed by atoms with Crippen LogP contribution in [0.5, 0.6) is 0 Å².